The number of aryl methyl sites for hydroxylation is 1. The number of hydrogen-bond acceptors (Lipinski definition) is 5. The number of fused-ring (bicyclic) bond motifs is 1. The lowest BCUT2D eigenvalue weighted by atomic mass is 9.91. The lowest BCUT2D eigenvalue weighted by Gasteiger charge is -2.29. The zero-order valence-corrected chi connectivity index (χ0v) is 31.5. The molecule has 1 aliphatic rings. The second kappa shape index (κ2) is 18.5. The van der Waals surface area contributed by atoms with Gasteiger partial charge in [-0.05, 0) is 102 Å². The topological polar surface area (TPSA) is 51.2 Å². The predicted molar refractivity (Wildman–Crippen MR) is 207 cm³/mol. The van der Waals surface area contributed by atoms with Gasteiger partial charge in [0.15, 0.2) is 0 Å². The third-order valence-electron chi connectivity index (χ3n) is 9.57. The van der Waals surface area contributed by atoms with E-state index in [-0.39, 0.29) is 5.92 Å². The van der Waals surface area contributed by atoms with Crippen molar-refractivity contribution >= 4 is 28.3 Å². The van der Waals surface area contributed by atoms with E-state index in [0.717, 1.165) is 89.2 Å². The van der Waals surface area contributed by atoms with Crippen molar-refractivity contribution in [1.29, 1.82) is 0 Å². The monoisotopic (exact) mass is 714 g/mol. The van der Waals surface area contributed by atoms with E-state index in [9.17, 15) is 4.21 Å². The Balaban J connectivity index is 1.49. The molecule has 0 saturated carbocycles. The molecule has 0 saturated heterocycles. The summed E-state index contributed by atoms with van der Waals surface area (Å²) in [4.78, 5) is 3.20. The minimum Gasteiger partial charge on any atom is -0.497 e. The first-order chi connectivity index (χ1) is 24.3. The van der Waals surface area contributed by atoms with Gasteiger partial charge in [-0.1, -0.05) is 74.7 Å². The molecule has 0 radical (unpaired) electrons. The van der Waals surface area contributed by atoms with Crippen LogP contribution >= 0.6 is 11.6 Å². The van der Waals surface area contributed by atoms with Crippen LogP contribution in [0.3, 0.4) is 0 Å². The molecule has 0 fully saturated rings. The lowest BCUT2D eigenvalue weighted by molar-refractivity contribution is 0.299. The highest BCUT2D eigenvalue weighted by atomic mass is 35.5. The van der Waals surface area contributed by atoms with Gasteiger partial charge in [-0.3, -0.25) is 0 Å². The van der Waals surface area contributed by atoms with Gasteiger partial charge in [0.1, 0.15) is 28.2 Å². The minimum absolute atomic E-state index is 0.163. The van der Waals surface area contributed by atoms with Crippen molar-refractivity contribution in [1.82, 2.24) is 4.31 Å². The number of ether oxygens (including phenoxy) is 3. The Labute approximate surface area is 306 Å². The molecule has 6 nitrogen and oxygen atoms in total. The van der Waals surface area contributed by atoms with E-state index in [2.05, 4.69) is 43.5 Å². The predicted octanol–water partition coefficient (Wildman–Crippen LogP) is 10.0. The van der Waals surface area contributed by atoms with Gasteiger partial charge in [0.05, 0.1) is 31.4 Å². The largest absolute Gasteiger partial charge is 0.497 e. The summed E-state index contributed by atoms with van der Waals surface area (Å²) in [6.45, 7) is 11.7. The molecule has 0 spiro atoms. The molecule has 0 bridgehead atoms. The van der Waals surface area contributed by atoms with Gasteiger partial charge < -0.3 is 19.1 Å². The maximum absolute atomic E-state index is 14.6. The van der Waals surface area contributed by atoms with Crippen LogP contribution < -0.4 is 19.1 Å². The molecule has 0 aliphatic carbocycles. The van der Waals surface area contributed by atoms with Crippen LogP contribution in [0.2, 0.25) is 5.02 Å². The first-order valence-electron chi connectivity index (χ1n) is 17.7. The van der Waals surface area contributed by atoms with Crippen LogP contribution in [0, 0.1) is 5.92 Å². The molecule has 1 aliphatic heterocycles. The average molecular weight is 715 g/mol. The molecular formula is C42H51ClN2O4S. The highest BCUT2D eigenvalue weighted by Gasteiger charge is 2.28. The Morgan fingerprint density at radius 3 is 2.20 bits per heavy atom. The van der Waals surface area contributed by atoms with Crippen molar-refractivity contribution in [2.24, 2.45) is 5.92 Å². The van der Waals surface area contributed by atoms with Crippen molar-refractivity contribution < 1.29 is 18.4 Å². The van der Waals surface area contributed by atoms with E-state index >= 15 is 0 Å². The standard InChI is InChI=1S/C42H51ClN2O4S/c1-6-9-31(8-3)23-24-44-29-35(40-21-15-36(43)25-34(40)10-7-2)30-49-42-22-20-39(26-41(42)44)50(46)45(27-32-11-16-37(47-4)17-12-32)28-33-13-18-38(48-5)19-14-33/h6,11-22,25-26,31,35H,1,7-10,23-24,27-30H2,2-5H3. The quantitative estimate of drug-likeness (QED) is 0.102. The molecule has 8 heteroatoms. The molecule has 4 aromatic carbocycles. The maximum Gasteiger partial charge on any atom is 0.142 e. The van der Waals surface area contributed by atoms with Crippen LogP contribution in [-0.2, 0) is 30.5 Å². The minimum atomic E-state index is -1.47. The van der Waals surface area contributed by atoms with Gasteiger partial charge in [0.2, 0.25) is 0 Å². The summed E-state index contributed by atoms with van der Waals surface area (Å²) in [6, 6.07) is 28.2. The Bertz CT molecular complexity index is 1660. The van der Waals surface area contributed by atoms with E-state index in [1.807, 2.05) is 77.1 Å². The van der Waals surface area contributed by atoms with E-state index in [1.165, 1.54) is 11.1 Å². The zero-order chi connectivity index (χ0) is 35.5. The van der Waals surface area contributed by atoms with Crippen LogP contribution in [0.1, 0.15) is 67.7 Å². The molecule has 5 rings (SSSR count). The molecule has 3 atom stereocenters. The van der Waals surface area contributed by atoms with E-state index in [0.29, 0.717) is 25.6 Å². The van der Waals surface area contributed by atoms with Crippen LogP contribution in [-0.4, -0.2) is 42.4 Å². The summed E-state index contributed by atoms with van der Waals surface area (Å²) in [5.74, 6) is 3.12. The summed E-state index contributed by atoms with van der Waals surface area (Å²) in [6.07, 6.45) is 7.17. The number of hydrogen-bond donors (Lipinski definition) is 0. The van der Waals surface area contributed by atoms with Crippen molar-refractivity contribution in [3.05, 3.63) is 125 Å². The molecule has 266 valence electrons. The first kappa shape index (κ1) is 37.5. The molecule has 0 amide bonds. The van der Waals surface area contributed by atoms with Gasteiger partial charge >= 0.3 is 0 Å². The summed E-state index contributed by atoms with van der Waals surface area (Å²) >= 11 is 6.46. The molecular weight excluding hydrogens is 664 g/mol. The summed E-state index contributed by atoms with van der Waals surface area (Å²) in [5.41, 5.74) is 5.67. The number of benzene rings is 4. The maximum atomic E-state index is 14.6. The Morgan fingerprint density at radius 1 is 0.960 bits per heavy atom. The fourth-order valence-corrected chi connectivity index (χ4v) is 8.12. The van der Waals surface area contributed by atoms with Crippen LogP contribution in [0.25, 0.3) is 0 Å². The van der Waals surface area contributed by atoms with Gasteiger partial charge in [0.25, 0.3) is 0 Å². The number of methoxy groups -OCH3 is 2. The number of nitrogens with zero attached hydrogens (tertiary/aromatic N) is 2. The van der Waals surface area contributed by atoms with Crippen LogP contribution in [0.5, 0.6) is 17.2 Å². The molecule has 0 aromatic heterocycles. The van der Waals surface area contributed by atoms with Crippen molar-refractivity contribution in [2.45, 2.75) is 69.9 Å². The molecule has 0 N–H and O–H groups in total. The second-order valence-corrected chi connectivity index (χ2v) is 14.9. The summed E-state index contributed by atoms with van der Waals surface area (Å²) in [5, 5.41) is 0.767. The molecule has 1 heterocycles. The molecule has 3 unspecified atom stereocenters. The smallest absolute Gasteiger partial charge is 0.142 e. The van der Waals surface area contributed by atoms with E-state index in [1.54, 1.807) is 14.2 Å². The van der Waals surface area contributed by atoms with Gasteiger partial charge in [-0.15, -0.1) is 6.58 Å². The van der Waals surface area contributed by atoms with Crippen molar-refractivity contribution in [3.8, 4) is 17.2 Å². The number of halogens is 1. The number of allylic oxidation sites excluding steroid dienone is 1. The zero-order valence-electron chi connectivity index (χ0n) is 29.9. The normalized spacial score (nSPS) is 15.5. The fraction of sp³-hybridized carbons (Fsp3) is 0.381. The molecule has 50 heavy (non-hydrogen) atoms. The van der Waals surface area contributed by atoms with Crippen LogP contribution in [0.15, 0.2) is 102 Å². The second-order valence-electron chi connectivity index (χ2n) is 13.0. The Hall–Kier alpha value is -3.78. The summed E-state index contributed by atoms with van der Waals surface area (Å²) < 4.78 is 34.0. The Kier molecular flexibility index (Phi) is 13.8. The number of anilines is 1. The van der Waals surface area contributed by atoms with Gasteiger partial charge in [-0.2, -0.15) is 0 Å². The van der Waals surface area contributed by atoms with Crippen molar-refractivity contribution in [2.75, 3.05) is 38.8 Å². The van der Waals surface area contributed by atoms with Crippen LogP contribution in [0.4, 0.5) is 5.69 Å². The lowest BCUT2D eigenvalue weighted by Crippen LogP contribution is -2.31. The highest BCUT2D eigenvalue weighted by molar-refractivity contribution is 7.82. The summed E-state index contributed by atoms with van der Waals surface area (Å²) in [7, 11) is 1.86. The van der Waals surface area contributed by atoms with Crippen molar-refractivity contribution in [3.63, 3.8) is 0 Å². The fourth-order valence-electron chi connectivity index (χ4n) is 6.69. The molecule has 4 aromatic rings. The van der Waals surface area contributed by atoms with E-state index < -0.39 is 11.0 Å². The average Bonchev–Trinajstić information content (AvgIpc) is 3.32. The van der Waals surface area contributed by atoms with Gasteiger partial charge in [-0.25, -0.2) is 8.51 Å². The SMILES string of the molecule is C=CCC(CC)CCN1CC(c2ccc(Cl)cc2CCC)COc2ccc(S(=O)N(Cc3ccc(OC)cc3)Cc3ccc(OC)cc3)cc21. The van der Waals surface area contributed by atoms with Gasteiger partial charge in [0, 0.05) is 37.1 Å². The Morgan fingerprint density at radius 2 is 1.62 bits per heavy atom. The third-order valence-corrected chi connectivity index (χ3v) is 11.2. The first-order valence-corrected chi connectivity index (χ1v) is 19.2. The number of rotatable bonds is 17. The van der Waals surface area contributed by atoms with E-state index in [4.69, 9.17) is 25.8 Å². The highest BCUT2D eigenvalue weighted by Crippen LogP contribution is 2.38. The third kappa shape index (κ3) is 9.71.